The number of aromatic nitrogens is 2. The van der Waals surface area contributed by atoms with E-state index >= 15 is 0 Å². The molecule has 0 fully saturated rings. The Kier molecular flexibility index (Phi) is 2.79. The monoisotopic (exact) mass is 219 g/mol. The second kappa shape index (κ2) is 4.08. The van der Waals surface area contributed by atoms with Crippen LogP contribution >= 0.6 is 11.3 Å². The molecular formula is C11H13N3S. The second-order valence-electron chi connectivity index (χ2n) is 3.57. The highest BCUT2D eigenvalue weighted by atomic mass is 32.1. The van der Waals surface area contributed by atoms with Crippen LogP contribution < -0.4 is 5.73 Å². The van der Waals surface area contributed by atoms with Gasteiger partial charge in [-0.1, -0.05) is 0 Å². The highest BCUT2D eigenvalue weighted by Crippen LogP contribution is 2.26. The normalized spacial score (nSPS) is 12.7. The summed E-state index contributed by atoms with van der Waals surface area (Å²) in [5.74, 6) is 0. The zero-order valence-corrected chi connectivity index (χ0v) is 9.58. The average Bonchev–Trinajstić information content (AvgIpc) is 2.66. The lowest BCUT2D eigenvalue weighted by Crippen LogP contribution is -2.01. The molecule has 0 aliphatic rings. The fourth-order valence-electron chi connectivity index (χ4n) is 1.27. The summed E-state index contributed by atoms with van der Waals surface area (Å²) in [5.41, 5.74) is 7.90. The maximum absolute atomic E-state index is 5.79. The van der Waals surface area contributed by atoms with Gasteiger partial charge in [0.25, 0.3) is 0 Å². The number of pyridine rings is 1. The van der Waals surface area contributed by atoms with Crippen LogP contribution in [0.15, 0.2) is 24.5 Å². The third-order valence-electron chi connectivity index (χ3n) is 2.11. The van der Waals surface area contributed by atoms with Gasteiger partial charge in [0, 0.05) is 23.3 Å². The lowest BCUT2D eigenvalue weighted by molar-refractivity contribution is 0.835. The lowest BCUT2D eigenvalue weighted by Gasteiger charge is -1.98. The molecule has 1 unspecified atom stereocenters. The fourth-order valence-corrected chi connectivity index (χ4v) is 2.10. The summed E-state index contributed by atoms with van der Waals surface area (Å²) in [7, 11) is 0. The van der Waals surface area contributed by atoms with Gasteiger partial charge in [-0.05, 0) is 31.5 Å². The van der Waals surface area contributed by atoms with Crippen molar-refractivity contribution in [2.24, 2.45) is 5.73 Å². The van der Waals surface area contributed by atoms with Gasteiger partial charge < -0.3 is 5.73 Å². The molecule has 0 aliphatic heterocycles. The van der Waals surface area contributed by atoms with Crippen LogP contribution in [-0.4, -0.2) is 9.97 Å². The molecule has 0 amide bonds. The largest absolute Gasteiger partial charge is 0.323 e. The van der Waals surface area contributed by atoms with Crippen LogP contribution in [0.4, 0.5) is 0 Å². The van der Waals surface area contributed by atoms with Crippen LogP contribution in [0.1, 0.15) is 23.4 Å². The second-order valence-corrected chi connectivity index (χ2v) is 4.64. The average molecular weight is 219 g/mol. The Hall–Kier alpha value is -1.26. The van der Waals surface area contributed by atoms with E-state index < -0.39 is 0 Å². The summed E-state index contributed by atoms with van der Waals surface area (Å²) in [6.45, 7) is 4.01. The highest BCUT2D eigenvalue weighted by Gasteiger charge is 2.08. The van der Waals surface area contributed by atoms with E-state index in [1.807, 2.05) is 32.2 Å². The number of nitrogens with zero attached hydrogens (tertiary/aromatic N) is 2. The van der Waals surface area contributed by atoms with Gasteiger partial charge in [0.1, 0.15) is 5.01 Å². The first-order valence-corrected chi connectivity index (χ1v) is 5.63. The molecule has 0 bridgehead atoms. The van der Waals surface area contributed by atoms with Gasteiger partial charge in [-0.3, -0.25) is 4.98 Å². The van der Waals surface area contributed by atoms with E-state index in [4.69, 9.17) is 5.73 Å². The predicted molar refractivity (Wildman–Crippen MR) is 62.7 cm³/mol. The maximum atomic E-state index is 5.79. The first kappa shape index (κ1) is 10.3. The predicted octanol–water partition coefficient (Wildman–Crippen LogP) is 2.53. The van der Waals surface area contributed by atoms with Crippen molar-refractivity contribution in [2.45, 2.75) is 19.9 Å². The molecule has 4 heteroatoms. The van der Waals surface area contributed by atoms with E-state index in [9.17, 15) is 0 Å². The van der Waals surface area contributed by atoms with Crippen LogP contribution in [-0.2, 0) is 0 Å². The van der Waals surface area contributed by atoms with E-state index in [2.05, 4.69) is 9.97 Å². The van der Waals surface area contributed by atoms with Crippen molar-refractivity contribution >= 4 is 11.3 Å². The van der Waals surface area contributed by atoms with Gasteiger partial charge in [-0.15, -0.1) is 11.3 Å². The van der Waals surface area contributed by atoms with E-state index in [1.165, 1.54) is 5.56 Å². The Labute approximate surface area is 93.0 Å². The van der Waals surface area contributed by atoms with Crippen molar-refractivity contribution < 1.29 is 0 Å². The molecule has 15 heavy (non-hydrogen) atoms. The third-order valence-corrected chi connectivity index (χ3v) is 3.33. The van der Waals surface area contributed by atoms with Crippen LogP contribution in [0.5, 0.6) is 0 Å². The molecule has 2 N–H and O–H groups in total. The van der Waals surface area contributed by atoms with Gasteiger partial charge >= 0.3 is 0 Å². The standard InChI is InChI=1S/C11H13N3S/c1-7-3-4-13-9(5-7)11-14-6-10(15-11)8(2)12/h3-6,8H,12H2,1-2H3. The third kappa shape index (κ3) is 2.22. The Balaban J connectivity index is 2.37. The van der Waals surface area contributed by atoms with E-state index in [0.717, 1.165) is 15.6 Å². The molecular weight excluding hydrogens is 206 g/mol. The Morgan fingerprint density at radius 2 is 2.20 bits per heavy atom. The summed E-state index contributed by atoms with van der Waals surface area (Å²) in [6, 6.07) is 4.05. The van der Waals surface area contributed by atoms with E-state index in [1.54, 1.807) is 17.5 Å². The maximum Gasteiger partial charge on any atom is 0.142 e. The van der Waals surface area contributed by atoms with E-state index in [0.29, 0.717) is 0 Å². The van der Waals surface area contributed by atoms with Crippen molar-refractivity contribution in [1.29, 1.82) is 0 Å². The van der Waals surface area contributed by atoms with Crippen molar-refractivity contribution in [1.82, 2.24) is 9.97 Å². The molecule has 0 saturated carbocycles. The SMILES string of the molecule is Cc1ccnc(-c2ncc(C(C)N)s2)c1. The molecule has 0 aliphatic carbocycles. The zero-order valence-electron chi connectivity index (χ0n) is 8.77. The quantitative estimate of drug-likeness (QED) is 0.844. The molecule has 0 radical (unpaired) electrons. The van der Waals surface area contributed by atoms with Crippen molar-refractivity contribution in [3.05, 3.63) is 35.0 Å². The van der Waals surface area contributed by atoms with Crippen molar-refractivity contribution in [3.8, 4) is 10.7 Å². The number of aryl methyl sites for hydroxylation is 1. The summed E-state index contributed by atoms with van der Waals surface area (Å²) < 4.78 is 0. The minimum absolute atomic E-state index is 0.0426. The first-order valence-electron chi connectivity index (χ1n) is 4.81. The Morgan fingerprint density at radius 3 is 2.80 bits per heavy atom. The highest BCUT2D eigenvalue weighted by molar-refractivity contribution is 7.15. The van der Waals surface area contributed by atoms with Crippen LogP contribution in [0.2, 0.25) is 0 Å². The van der Waals surface area contributed by atoms with Crippen LogP contribution in [0, 0.1) is 6.92 Å². The fraction of sp³-hybridized carbons (Fsp3) is 0.273. The molecule has 2 heterocycles. The van der Waals surface area contributed by atoms with Crippen molar-refractivity contribution in [3.63, 3.8) is 0 Å². The summed E-state index contributed by atoms with van der Waals surface area (Å²) >= 11 is 1.60. The number of hydrogen-bond donors (Lipinski definition) is 1. The Bertz CT molecular complexity index is 462. The number of nitrogens with two attached hydrogens (primary N) is 1. The minimum atomic E-state index is 0.0426. The molecule has 3 nitrogen and oxygen atoms in total. The number of thiazole rings is 1. The Morgan fingerprint density at radius 1 is 1.40 bits per heavy atom. The summed E-state index contributed by atoms with van der Waals surface area (Å²) in [5, 5.41) is 0.936. The minimum Gasteiger partial charge on any atom is -0.323 e. The molecule has 2 aromatic rings. The smallest absolute Gasteiger partial charge is 0.142 e. The van der Waals surface area contributed by atoms with Gasteiger partial charge in [0.15, 0.2) is 0 Å². The molecule has 0 saturated heterocycles. The van der Waals surface area contributed by atoms with E-state index in [-0.39, 0.29) is 6.04 Å². The summed E-state index contributed by atoms with van der Waals surface area (Å²) in [4.78, 5) is 9.71. The van der Waals surface area contributed by atoms with Gasteiger partial charge in [-0.25, -0.2) is 4.98 Å². The van der Waals surface area contributed by atoms with Gasteiger partial charge in [-0.2, -0.15) is 0 Å². The van der Waals surface area contributed by atoms with Gasteiger partial charge in [0.2, 0.25) is 0 Å². The molecule has 1 atom stereocenters. The van der Waals surface area contributed by atoms with Crippen LogP contribution in [0.25, 0.3) is 10.7 Å². The molecule has 78 valence electrons. The first-order chi connectivity index (χ1) is 7.16. The molecule has 0 aromatic carbocycles. The molecule has 0 spiro atoms. The van der Waals surface area contributed by atoms with Crippen molar-refractivity contribution in [2.75, 3.05) is 0 Å². The molecule has 2 aromatic heterocycles. The zero-order chi connectivity index (χ0) is 10.8. The topological polar surface area (TPSA) is 51.8 Å². The number of rotatable bonds is 2. The lowest BCUT2D eigenvalue weighted by atomic mass is 10.2. The number of hydrogen-bond acceptors (Lipinski definition) is 4. The van der Waals surface area contributed by atoms with Gasteiger partial charge in [0.05, 0.1) is 5.69 Å². The van der Waals surface area contributed by atoms with Crippen LogP contribution in [0.3, 0.4) is 0 Å². The molecule has 2 rings (SSSR count). The summed E-state index contributed by atoms with van der Waals surface area (Å²) in [6.07, 6.45) is 3.63.